The van der Waals surface area contributed by atoms with Gasteiger partial charge in [0.1, 0.15) is 0 Å². The Kier molecular flexibility index (Phi) is 3.52. The lowest BCUT2D eigenvalue weighted by Gasteiger charge is -2.09. The minimum Gasteiger partial charge on any atom is -0.454 e. The first-order chi connectivity index (χ1) is 10.1. The van der Waals surface area contributed by atoms with E-state index in [1.807, 2.05) is 6.07 Å². The van der Waals surface area contributed by atoms with Crippen LogP contribution in [-0.4, -0.2) is 12.7 Å². The van der Waals surface area contributed by atoms with E-state index in [0.717, 1.165) is 5.56 Å². The molecular weight excluding hydrogens is 266 g/mol. The molecule has 21 heavy (non-hydrogen) atoms. The minimum atomic E-state index is -0.117. The number of amides is 1. The van der Waals surface area contributed by atoms with E-state index in [1.54, 1.807) is 18.2 Å². The second kappa shape index (κ2) is 5.48. The van der Waals surface area contributed by atoms with Crippen LogP contribution >= 0.6 is 0 Å². The van der Waals surface area contributed by atoms with Crippen molar-refractivity contribution in [3.8, 4) is 11.5 Å². The van der Waals surface area contributed by atoms with Crippen LogP contribution in [0.1, 0.15) is 27.0 Å². The molecule has 1 N–H and O–H groups in total. The summed E-state index contributed by atoms with van der Waals surface area (Å²) in [4.78, 5) is 12.2. The van der Waals surface area contributed by atoms with Crippen molar-refractivity contribution in [2.75, 3.05) is 6.79 Å². The molecule has 3 rings (SSSR count). The molecule has 1 aliphatic rings. The first-order valence-corrected chi connectivity index (χ1v) is 6.87. The summed E-state index contributed by atoms with van der Waals surface area (Å²) in [6.45, 7) is 4.83. The number of hydrogen-bond donors (Lipinski definition) is 1. The smallest absolute Gasteiger partial charge is 0.251 e. The van der Waals surface area contributed by atoms with Gasteiger partial charge in [0.2, 0.25) is 6.79 Å². The molecular formula is C17H17NO3. The first kappa shape index (κ1) is 13.5. The van der Waals surface area contributed by atoms with E-state index in [1.165, 1.54) is 11.1 Å². The molecule has 0 saturated carbocycles. The lowest BCUT2D eigenvalue weighted by atomic mass is 10.1. The van der Waals surface area contributed by atoms with Gasteiger partial charge in [0.25, 0.3) is 5.91 Å². The van der Waals surface area contributed by atoms with Crippen molar-refractivity contribution in [2.45, 2.75) is 20.4 Å². The molecule has 0 saturated heterocycles. The standard InChI is InChI=1S/C17H17NO3/c1-11-3-4-14(12(2)7-11)9-18-17(19)13-5-6-15-16(8-13)21-10-20-15/h3-8H,9-10H2,1-2H3,(H,18,19). The third-order valence-corrected chi connectivity index (χ3v) is 3.57. The van der Waals surface area contributed by atoms with Crippen molar-refractivity contribution in [1.82, 2.24) is 5.32 Å². The first-order valence-electron chi connectivity index (χ1n) is 6.87. The van der Waals surface area contributed by atoms with Gasteiger partial charge in [-0.2, -0.15) is 0 Å². The van der Waals surface area contributed by atoms with Crippen molar-refractivity contribution in [1.29, 1.82) is 0 Å². The second-order valence-electron chi connectivity index (χ2n) is 5.18. The van der Waals surface area contributed by atoms with E-state index < -0.39 is 0 Å². The van der Waals surface area contributed by atoms with E-state index in [0.29, 0.717) is 23.6 Å². The van der Waals surface area contributed by atoms with Crippen LogP contribution in [0.3, 0.4) is 0 Å². The second-order valence-corrected chi connectivity index (χ2v) is 5.18. The Morgan fingerprint density at radius 3 is 2.71 bits per heavy atom. The molecule has 0 spiro atoms. The van der Waals surface area contributed by atoms with Crippen molar-refractivity contribution < 1.29 is 14.3 Å². The van der Waals surface area contributed by atoms with Gasteiger partial charge in [0, 0.05) is 12.1 Å². The van der Waals surface area contributed by atoms with E-state index in [9.17, 15) is 4.79 Å². The highest BCUT2D eigenvalue weighted by Gasteiger charge is 2.16. The normalized spacial score (nSPS) is 12.3. The van der Waals surface area contributed by atoms with E-state index >= 15 is 0 Å². The SMILES string of the molecule is Cc1ccc(CNC(=O)c2ccc3c(c2)OCO3)c(C)c1. The molecule has 0 atom stereocenters. The molecule has 108 valence electrons. The number of nitrogens with one attached hydrogen (secondary N) is 1. The number of carbonyl (C=O) groups excluding carboxylic acids is 1. The average molecular weight is 283 g/mol. The molecule has 1 aliphatic heterocycles. The van der Waals surface area contributed by atoms with Crippen LogP contribution in [0.15, 0.2) is 36.4 Å². The van der Waals surface area contributed by atoms with Gasteiger partial charge in [-0.3, -0.25) is 4.79 Å². The van der Waals surface area contributed by atoms with Crippen molar-refractivity contribution in [3.05, 3.63) is 58.7 Å². The van der Waals surface area contributed by atoms with Crippen molar-refractivity contribution in [3.63, 3.8) is 0 Å². The van der Waals surface area contributed by atoms with Crippen LogP contribution in [0.25, 0.3) is 0 Å². The molecule has 4 heteroatoms. The quantitative estimate of drug-likeness (QED) is 0.942. The lowest BCUT2D eigenvalue weighted by molar-refractivity contribution is 0.0950. The fourth-order valence-corrected chi connectivity index (χ4v) is 2.36. The number of rotatable bonds is 3. The van der Waals surface area contributed by atoms with E-state index in [-0.39, 0.29) is 12.7 Å². The van der Waals surface area contributed by atoms with E-state index in [4.69, 9.17) is 9.47 Å². The molecule has 2 aromatic carbocycles. The maximum atomic E-state index is 12.2. The number of fused-ring (bicyclic) bond motifs is 1. The van der Waals surface area contributed by atoms with Crippen LogP contribution < -0.4 is 14.8 Å². The fourth-order valence-electron chi connectivity index (χ4n) is 2.36. The van der Waals surface area contributed by atoms with Crippen LogP contribution in [0.2, 0.25) is 0 Å². The van der Waals surface area contributed by atoms with Crippen LogP contribution in [0.4, 0.5) is 0 Å². The summed E-state index contributed by atoms with van der Waals surface area (Å²) in [5.41, 5.74) is 4.10. The van der Waals surface area contributed by atoms with Gasteiger partial charge in [-0.1, -0.05) is 23.8 Å². The van der Waals surface area contributed by atoms with Gasteiger partial charge in [-0.15, -0.1) is 0 Å². The Balaban J connectivity index is 1.69. The van der Waals surface area contributed by atoms with Gasteiger partial charge >= 0.3 is 0 Å². The highest BCUT2D eigenvalue weighted by atomic mass is 16.7. The van der Waals surface area contributed by atoms with Gasteiger partial charge < -0.3 is 14.8 Å². The Morgan fingerprint density at radius 1 is 1.10 bits per heavy atom. The molecule has 0 fully saturated rings. The van der Waals surface area contributed by atoms with Crippen LogP contribution in [-0.2, 0) is 6.54 Å². The van der Waals surface area contributed by atoms with Crippen molar-refractivity contribution in [2.24, 2.45) is 0 Å². The molecule has 2 aromatic rings. The van der Waals surface area contributed by atoms with Crippen molar-refractivity contribution >= 4 is 5.91 Å². The predicted octanol–water partition coefficient (Wildman–Crippen LogP) is 2.96. The summed E-state index contributed by atoms with van der Waals surface area (Å²) < 4.78 is 10.5. The summed E-state index contributed by atoms with van der Waals surface area (Å²) in [6.07, 6.45) is 0. The maximum absolute atomic E-state index is 12.2. The number of benzene rings is 2. The van der Waals surface area contributed by atoms with Crippen LogP contribution in [0, 0.1) is 13.8 Å². The highest BCUT2D eigenvalue weighted by molar-refractivity contribution is 5.94. The highest BCUT2D eigenvalue weighted by Crippen LogP contribution is 2.32. The molecule has 1 amide bonds. The fraction of sp³-hybridized carbons (Fsp3) is 0.235. The third kappa shape index (κ3) is 2.84. The Labute approximate surface area is 123 Å². The summed E-state index contributed by atoms with van der Waals surface area (Å²) in [5.74, 6) is 1.18. The minimum absolute atomic E-state index is 0.117. The zero-order valence-electron chi connectivity index (χ0n) is 12.1. The average Bonchev–Trinajstić information content (AvgIpc) is 2.93. The molecule has 0 radical (unpaired) electrons. The molecule has 0 bridgehead atoms. The summed E-state index contributed by atoms with van der Waals surface area (Å²) in [5, 5.41) is 2.93. The summed E-state index contributed by atoms with van der Waals surface area (Å²) in [6, 6.07) is 11.4. The molecule has 0 unspecified atom stereocenters. The van der Waals surface area contributed by atoms with Gasteiger partial charge in [-0.05, 0) is 43.2 Å². The topological polar surface area (TPSA) is 47.6 Å². The number of ether oxygens (including phenoxy) is 2. The molecule has 4 nitrogen and oxygen atoms in total. The zero-order chi connectivity index (χ0) is 14.8. The zero-order valence-corrected chi connectivity index (χ0v) is 12.1. The third-order valence-electron chi connectivity index (χ3n) is 3.57. The summed E-state index contributed by atoms with van der Waals surface area (Å²) in [7, 11) is 0. The van der Waals surface area contributed by atoms with Gasteiger partial charge in [0.15, 0.2) is 11.5 Å². The Morgan fingerprint density at radius 2 is 1.90 bits per heavy atom. The maximum Gasteiger partial charge on any atom is 0.251 e. The van der Waals surface area contributed by atoms with Crippen LogP contribution in [0.5, 0.6) is 11.5 Å². The largest absolute Gasteiger partial charge is 0.454 e. The molecule has 0 aliphatic carbocycles. The Hall–Kier alpha value is -2.49. The predicted molar refractivity (Wildman–Crippen MR) is 79.7 cm³/mol. The number of carbonyl (C=O) groups is 1. The molecule has 0 aromatic heterocycles. The lowest BCUT2D eigenvalue weighted by Crippen LogP contribution is -2.23. The van der Waals surface area contributed by atoms with Gasteiger partial charge in [-0.25, -0.2) is 0 Å². The van der Waals surface area contributed by atoms with E-state index in [2.05, 4.69) is 31.3 Å². The Bertz CT molecular complexity index is 694. The van der Waals surface area contributed by atoms with Gasteiger partial charge in [0.05, 0.1) is 0 Å². The number of hydrogen-bond acceptors (Lipinski definition) is 3. The molecule has 1 heterocycles. The summed E-state index contributed by atoms with van der Waals surface area (Å²) >= 11 is 0. The number of aryl methyl sites for hydroxylation is 2. The monoisotopic (exact) mass is 283 g/mol.